The van der Waals surface area contributed by atoms with E-state index in [-0.39, 0.29) is 0 Å². The molecule has 0 fully saturated rings. The molecule has 5 nitrogen and oxygen atoms in total. The molecule has 0 saturated carbocycles. The van der Waals surface area contributed by atoms with Gasteiger partial charge in [0, 0.05) is 22.0 Å². The number of nitrogen functional groups attached to an aromatic ring is 1. The van der Waals surface area contributed by atoms with Crippen molar-refractivity contribution >= 4 is 33.1 Å². The lowest BCUT2D eigenvalue weighted by Crippen LogP contribution is -2.07. The molecule has 0 saturated heterocycles. The Kier molecular flexibility index (Phi) is 4.09. The van der Waals surface area contributed by atoms with E-state index in [0.29, 0.717) is 17.6 Å². The van der Waals surface area contributed by atoms with Gasteiger partial charge in [-0.15, -0.1) is 0 Å². The fourth-order valence-electron chi connectivity index (χ4n) is 3.99. The van der Waals surface area contributed by atoms with Crippen molar-refractivity contribution in [2.45, 2.75) is 0 Å². The first-order chi connectivity index (χ1) is 15.8. The van der Waals surface area contributed by atoms with Crippen molar-refractivity contribution in [3.05, 3.63) is 108 Å². The predicted octanol–water partition coefficient (Wildman–Crippen LogP) is 5.48. The van der Waals surface area contributed by atoms with Crippen LogP contribution in [-0.4, -0.2) is 19.5 Å². The molecule has 3 aromatic carbocycles. The van der Waals surface area contributed by atoms with Gasteiger partial charge in [0.05, 0.1) is 16.6 Å². The molecule has 0 amide bonds. The van der Waals surface area contributed by atoms with E-state index < -0.39 is 0 Å². The highest BCUT2D eigenvalue weighted by molar-refractivity contribution is 6.09. The lowest BCUT2D eigenvalue weighted by atomic mass is 10.1. The second-order valence-corrected chi connectivity index (χ2v) is 7.49. The Morgan fingerprint density at radius 3 is 2.38 bits per heavy atom. The summed E-state index contributed by atoms with van der Waals surface area (Å²) >= 11 is 0. The summed E-state index contributed by atoms with van der Waals surface area (Å²) in [5.74, 6) is 1.69. The van der Waals surface area contributed by atoms with Crippen LogP contribution in [0.5, 0.6) is 0 Å². The molecule has 0 bridgehead atoms. The van der Waals surface area contributed by atoms with E-state index in [1.165, 1.54) is 0 Å². The van der Waals surface area contributed by atoms with Gasteiger partial charge in [-0.2, -0.15) is 9.97 Å². The summed E-state index contributed by atoms with van der Waals surface area (Å²) in [5, 5.41) is 2.15. The molecule has 6 rings (SSSR count). The van der Waals surface area contributed by atoms with Crippen LogP contribution >= 0.6 is 0 Å². The van der Waals surface area contributed by atoms with Crippen molar-refractivity contribution in [3.63, 3.8) is 0 Å². The van der Waals surface area contributed by atoms with Gasteiger partial charge in [0.1, 0.15) is 0 Å². The number of nitrogens with two attached hydrogens (primary N) is 1. The van der Waals surface area contributed by atoms with Crippen LogP contribution in [0.1, 0.15) is 5.82 Å². The van der Waals surface area contributed by atoms with Crippen LogP contribution in [0.3, 0.4) is 0 Å². The number of anilines is 1. The standard InChI is InChI=1S/C27H17N5/c28-20-15-16-24-22(17-20)21-13-7-8-14-23(21)32(24)27-30-25(18-9-3-1-4-10-18)29-26(31-27)19-11-5-2-6-12-19/h1-5,7-11,13-17H,28H2. The number of nitrogens with zero attached hydrogens (tertiary/aromatic N) is 4. The molecule has 0 unspecified atom stereocenters. The largest absolute Gasteiger partial charge is 0.399 e. The fraction of sp³-hybridized carbons (Fsp3) is 0. The number of fused-ring (bicyclic) bond motifs is 3. The number of hydrogen-bond acceptors (Lipinski definition) is 4. The van der Waals surface area contributed by atoms with Gasteiger partial charge in [-0.1, -0.05) is 66.1 Å². The second-order valence-electron chi connectivity index (χ2n) is 7.49. The first-order valence-corrected chi connectivity index (χ1v) is 10.3. The van der Waals surface area contributed by atoms with Gasteiger partial charge < -0.3 is 5.73 Å². The van der Waals surface area contributed by atoms with Crippen LogP contribution in [0.4, 0.5) is 5.69 Å². The van der Waals surface area contributed by atoms with Crippen LogP contribution in [0.25, 0.3) is 44.7 Å². The van der Waals surface area contributed by atoms with Crippen molar-refractivity contribution in [3.8, 4) is 17.3 Å². The molecule has 0 spiro atoms. The van der Waals surface area contributed by atoms with E-state index in [4.69, 9.17) is 20.7 Å². The van der Waals surface area contributed by atoms with Gasteiger partial charge in [-0.05, 0) is 36.4 Å². The molecular weight excluding hydrogens is 394 g/mol. The van der Waals surface area contributed by atoms with Crippen LogP contribution in [0.15, 0.2) is 102 Å². The number of hydrogen-bond donors (Lipinski definition) is 1. The molecule has 2 N–H and O–H groups in total. The van der Waals surface area contributed by atoms with E-state index >= 15 is 0 Å². The summed E-state index contributed by atoms with van der Waals surface area (Å²) < 4.78 is 2.06. The predicted molar refractivity (Wildman–Crippen MR) is 128 cm³/mol. The second kappa shape index (κ2) is 7.22. The zero-order valence-electron chi connectivity index (χ0n) is 17.0. The Balaban J connectivity index is 1.71. The van der Waals surface area contributed by atoms with E-state index in [2.05, 4.69) is 28.2 Å². The maximum absolute atomic E-state index is 6.10. The van der Waals surface area contributed by atoms with Gasteiger partial charge in [0.15, 0.2) is 11.6 Å². The molecule has 0 atom stereocenters. The first kappa shape index (κ1) is 18.1. The number of allylic oxidation sites excluding steroid dienone is 4. The number of para-hydroxylation sites is 1. The van der Waals surface area contributed by atoms with E-state index in [1.54, 1.807) is 6.08 Å². The minimum atomic E-state index is 0.544. The highest BCUT2D eigenvalue weighted by Crippen LogP contribution is 2.33. The summed E-state index contributed by atoms with van der Waals surface area (Å²) in [7, 11) is 0. The molecule has 0 aliphatic heterocycles. The van der Waals surface area contributed by atoms with Gasteiger partial charge in [-0.3, -0.25) is 4.57 Å². The molecule has 2 heterocycles. The van der Waals surface area contributed by atoms with Gasteiger partial charge >= 0.3 is 0 Å². The average molecular weight is 411 g/mol. The molecule has 32 heavy (non-hydrogen) atoms. The zero-order chi connectivity index (χ0) is 21.5. The summed E-state index contributed by atoms with van der Waals surface area (Å²) in [6.07, 6.45) is 5.64. The third-order valence-corrected chi connectivity index (χ3v) is 5.44. The maximum Gasteiger partial charge on any atom is 0.238 e. The van der Waals surface area contributed by atoms with Crippen molar-refractivity contribution in [2.24, 2.45) is 0 Å². The smallest absolute Gasteiger partial charge is 0.238 e. The van der Waals surface area contributed by atoms with Crippen molar-refractivity contribution in [1.82, 2.24) is 19.5 Å². The summed E-state index contributed by atoms with van der Waals surface area (Å²) in [4.78, 5) is 14.5. The fourth-order valence-corrected chi connectivity index (χ4v) is 3.99. The van der Waals surface area contributed by atoms with E-state index in [1.807, 2.05) is 72.8 Å². The SMILES string of the molecule is Nc1ccc2c(c1)c1ccccc1n2-c1nc(C2=C=C=CC=C2)nc(-c2ccccc2)n1. The van der Waals surface area contributed by atoms with Crippen LogP contribution in [0.2, 0.25) is 0 Å². The van der Waals surface area contributed by atoms with Crippen LogP contribution in [0, 0.1) is 0 Å². The molecule has 0 radical (unpaired) electrons. The first-order valence-electron chi connectivity index (χ1n) is 10.3. The topological polar surface area (TPSA) is 69.6 Å². The molecule has 150 valence electrons. The van der Waals surface area contributed by atoms with E-state index in [0.717, 1.165) is 38.6 Å². The normalized spacial score (nSPS) is 12.6. The average Bonchev–Trinajstić information content (AvgIpc) is 3.18. The summed E-state index contributed by atoms with van der Waals surface area (Å²) in [6, 6.07) is 24.0. The Hall–Kier alpha value is -4.69. The minimum absolute atomic E-state index is 0.544. The third kappa shape index (κ3) is 2.94. The molecule has 1 aliphatic carbocycles. The minimum Gasteiger partial charge on any atom is -0.399 e. The maximum atomic E-state index is 6.10. The zero-order valence-corrected chi connectivity index (χ0v) is 17.0. The molecule has 5 aromatic rings. The summed E-state index contributed by atoms with van der Waals surface area (Å²) in [6.45, 7) is 0. The molecule has 2 aromatic heterocycles. The van der Waals surface area contributed by atoms with Crippen molar-refractivity contribution in [2.75, 3.05) is 5.73 Å². The van der Waals surface area contributed by atoms with Crippen molar-refractivity contribution < 1.29 is 0 Å². The van der Waals surface area contributed by atoms with Crippen molar-refractivity contribution in [1.29, 1.82) is 0 Å². The summed E-state index contributed by atoms with van der Waals surface area (Å²) in [5.41, 5.74) is 16.6. The number of aromatic nitrogens is 4. The number of benzene rings is 3. The lowest BCUT2D eigenvalue weighted by Gasteiger charge is -2.10. The Morgan fingerprint density at radius 1 is 0.750 bits per heavy atom. The third-order valence-electron chi connectivity index (χ3n) is 5.44. The van der Waals surface area contributed by atoms with Gasteiger partial charge in [0.25, 0.3) is 0 Å². The highest BCUT2D eigenvalue weighted by Gasteiger charge is 2.18. The van der Waals surface area contributed by atoms with Gasteiger partial charge in [-0.25, -0.2) is 4.98 Å². The molecular formula is C27H17N5. The quantitative estimate of drug-likeness (QED) is 0.315. The van der Waals surface area contributed by atoms with Crippen LogP contribution in [-0.2, 0) is 0 Å². The Morgan fingerprint density at radius 2 is 1.53 bits per heavy atom. The highest BCUT2D eigenvalue weighted by atomic mass is 15.2. The Labute approximate surface area is 184 Å². The number of rotatable bonds is 3. The molecule has 1 aliphatic rings. The Bertz CT molecular complexity index is 1640. The van der Waals surface area contributed by atoms with Crippen LogP contribution < -0.4 is 5.73 Å². The molecule has 5 heteroatoms. The van der Waals surface area contributed by atoms with Gasteiger partial charge in [0.2, 0.25) is 5.95 Å². The monoisotopic (exact) mass is 411 g/mol. The van der Waals surface area contributed by atoms with E-state index in [9.17, 15) is 0 Å². The lowest BCUT2D eigenvalue weighted by molar-refractivity contribution is 0.932.